The number of piperazine rings is 1. The third kappa shape index (κ3) is 4.28. The molecular formula is C19H30N4O. The van der Waals surface area contributed by atoms with E-state index in [0.717, 1.165) is 44.6 Å². The van der Waals surface area contributed by atoms with Gasteiger partial charge in [-0.1, -0.05) is 25.1 Å². The van der Waals surface area contributed by atoms with E-state index >= 15 is 0 Å². The third-order valence-corrected chi connectivity index (χ3v) is 5.22. The van der Waals surface area contributed by atoms with Gasteiger partial charge in [-0.2, -0.15) is 0 Å². The molecule has 0 unspecified atom stereocenters. The summed E-state index contributed by atoms with van der Waals surface area (Å²) < 4.78 is 0. The number of carbonyl (C=O) groups is 1. The number of benzene rings is 1. The number of likely N-dealkylation sites (N-methyl/N-ethyl adjacent to an activating group) is 1. The molecule has 5 heteroatoms. The molecule has 0 aliphatic carbocycles. The van der Waals surface area contributed by atoms with Gasteiger partial charge >= 0.3 is 6.03 Å². The third-order valence-electron chi connectivity index (χ3n) is 5.22. The molecule has 1 N–H and O–H groups in total. The van der Waals surface area contributed by atoms with Gasteiger partial charge in [-0.15, -0.1) is 0 Å². The minimum atomic E-state index is 0.0523. The van der Waals surface area contributed by atoms with Gasteiger partial charge < -0.3 is 15.1 Å². The van der Waals surface area contributed by atoms with Gasteiger partial charge in [-0.05, 0) is 44.0 Å². The van der Waals surface area contributed by atoms with Crippen LogP contribution >= 0.6 is 0 Å². The van der Waals surface area contributed by atoms with Crippen molar-refractivity contribution in [2.75, 3.05) is 57.3 Å². The average Bonchev–Trinajstić information content (AvgIpc) is 3.06. The van der Waals surface area contributed by atoms with Gasteiger partial charge in [0, 0.05) is 45.0 Å². The van der Waals surface area contributed by atoms with E-state index in [2.05, 4.69) is 28.1 Å². The van der Waals surface area contributed by atoms with Crippen LogP contribution in [0.1, 0.15) is 25.3 Å². The molecule has 3 rings (SSSR count). The molecule has 0 spiro atoms. The predicted octanol–water partition coefficient (Wildman–Crippen LogP) is 2.18. The lowest BCUT2D eigenvalue weighted by molar-refractivity contribution is 0.136. The van der Waals surface area contributed by atoms with Crippen molar-refractivity contribution >= 4 is 11.7 Å². The molecular weight excluding hydrogens is 300 g/mol. The van der Waals surface area contributed by atoms with Gasteiger partial charge in [0.05, 0.1) is 0 Å². The first-order valence-corrected chi connectivity index (χ1v) is 9.36. The zero-order valence-electron chi connectivity index (χ0n) is 14.8. The van der Waals surface area contributed by atoms with Crippen molar-refractivity contribution in [3.63, 3.8) is 0 Å². The first-order valence-electron chi connectivity index (χ1n) is 9.36. The van der Waals surface area contributed by atoms with Crippen LogP contribution in [0.4, 0.5) is 10.5 Å². The molecule has 2 amide bonds. The zero-order valence-corrected chi connectivity index (χ0v) is 14.8. The number of fused-ring (bicyclic) bond motifs is 1. The highest BCUT2D eigenvalue weighted by Gasteiger charge is 2.23. The van der Waals surface area contributed by atoms with Crippen molar-refractivity contribution in [3.05, 3.63) is 29.8 Å². The van der Waals surface area contributed by atoms with Gasteiger partial charge in [0.1, 0.15) is 0 Å². The van der Waals surface area contributed by atoms with Crippen molar-refractivity contribution in [2.45, 2.75) is 26.2 Å². The molecule has 0 aromatic heterocycles. The van der Waals surface area contributed by atoms with Gasteiger partial charge in [0.25, 0.3) is 0 Å². The summed E-state index contributed by atoms with van der Waals surface area (Å²) in [6.45, 7) is 10.9. The molecule has 24 heavy (non-hydrogen) atoms. The van der Waals surface area contributed by atoms with Gasteiger partial charge in [0.15, 0.2) is 0 Å². The molecule has 0 saturated carbocycles. The molecule has 132 valence electrons. The molecule has 2 heterocycles. The second-order valence-electron chi connectivity index (χ2n) is 6.75. The van der Waals surface area contributed by atoms with Crippen LogP contribution in [0.5, 0.6) is 0 Å². The fraction of sp³-hybridized carbons (Fsp3) is 0.632. The molecule has 1 aromatic rings. The van der Waals surface area contributed by atoms with E-state index < -0.39 is 0 Å². The minimum absolute atomic E-state index is 0.0523. The fourth-order valence-electron chi connectivity index (χ4n) is 3.63. The Morgan fingerprint density at radius 3 is 2.58 bits per heavy atom. The Kier molecular flexibility index (Phi) is 6.10. The zero-order chi connectivity index (χ0) is 16.8. The van der Waals surface area contributed by atoms with Gasteiger partial charge in [0.2, 0.25) is 0 Å². The lowest BCUT2D eigenvalue weighted by Gasteiger charge is -2.34. The van der Waals surface area contributed by atoms with Crippen molar-refractivity contribution in [2.24, 2.45) is 0 Å². The van der Waals surface area contributed by atoms with E-state index in [9.17, 15) is 4.79 Å². The largest absolute Gasteiger partial charge is 0.338 e. The Morgan fingerprint density at radius 2 is 1.79 bits per heavy atom. The predicted molar refractivity (Wildman–Crippen MR) is 98.7 cm³/mol. The molecule has 2 aliphatic heterocycles. The van der Waals surface area contributed by atoms with Crippen LogP contribution in [0.15, 0.2) is 24.3 Å². The maximum atomic E-state index is 12.3. The lowest BCUT2D eigenvalue weighted by Crippen LogP contribution is -2.46. The second kappa shape index (κ2) is 8.49. The van der Waals surface area contributed by atoms with Crippen LogP contribution in [0.3, 0.4) is 0 Å². The summed E-state index contributed by atoms with van der Waals surface area (Å²) in [6, 6.07) is 8.25. The minimum Gasteiger partial charge on any atom is -0.338 e. The summed E-state index contributed by atoms with van der Waals surface area (Å²) >= 11 is 0. The van der Waals surface area contributed by atoms with E-state index in [-0.39, 0.29) is 6.03 Å². The van der Waals surface area contributed by atoms with E-state index in [1.165, 1.54) is 38.3 Å². The van der Waals surface area contributed by atoms with E-state index in [1.54, 1.807) is 0 Å². The summed E-state index contributed by atoms with van der Waals surface area (Å²) in [6.07, 6.45) is 3.17. The Labute approximate surface area is 145 Å². The van der Waals surface area contributed by atoms with Crippen LogP contribution < -0.4 is 10.2 Å². The summed E-state index contributed by atoms with van der Waals surface area (Å²) in [5.74, 6) is 0. The number of hydrogen-bond acceptors (Lipinski definition) is 3. The van der Waals surface area contributed by atoms with Crippen molar-refractivity contribution in [1.82, 2.24) is 15.1 Å². The van der Waals surface area contributed by atoms with Crippen LogP contribution in [-0.4, -0.2) is 68.2 Å². The van der Waals surface area contributed by atoms with Crippen LogP contribution in [0, 0.1) is 0 Å². The molecule has 1 saturated heterocycles. The van der Waals surface area contributed by atoms with Gasteiger partial charge in [-0.25, -0.2) is 4.79 Å². The first kappa shape index (κ1) is 17.2. The van der Waals surface area contributed by atoms with Crippen molar-refractivity contribution in [1.29, 1.82) is 0 Å². The summed E-state index contributed by atoms with van der Waals surface area (Å²) in [5.41, 5.74) is 2.35. The van der Waals surface area contributed by atoms with Crippen LogP contribution in [0.25, 0.3) is 0 Å². The standard InChI is InChI=1S/C19H30N4O/c1-2-21-13-15-22(16-14-21)11-6-5-10-20-19(24)23-12-9-17-7-3-4-8-18(17)23/h3-4,7-8H,2,5-6,9-16H2,1H3,(H,20,24). The molecule has 1 fully saturated rings. The Morgan fingerprint density at radius 1 is 1.04 bits per heavy atom. The number of unbranched alkanes of at least 4 members (excludes halogenated alkanes) is 1. The highest BCUT2D eigenvalue weighted by Crippen LogP contribution is 2.27. The average molecular weight is 330 g/mol. The summed E-state index contributed by atoms with van der Waals surface area (Å²) in [5, 5.41) is 3.08. The van der Waals surface area contributed by atoms with Crippen LogP contribution in [0.2, 0.25) is 0 Å². The first-order chi connectivity index (χ1) is 11.8. The second-order valence-corrected chi connectivity index (χ2v) is 6.75. The number of anilines is 1. The number of amides is 2. The van der Waals surface area contributed by atoms with Gasteiger partial charge in [-0.3, -0.25) is 4.90 Å². The Balaban J connectivity index is 1.31. The molecule has 0 radical (unpaired) electrons. The fourth-order valence-corrected chi connectivity index (χ4v) is 3.63. The molecule has 1 aromatic carbocycles. The molecule has 2 aliphatic rings. The number of urea groups is 1. The maximum Gasteiger partial charge on any atom is 0.321 e. The molecule has 0 atom stereocenters. The smallest absolute Gasteiger partial charge is 0.321 e. The SMILES string of the molecule is CCN1CCN(CCCCNC(=O)N2CCc3ccccc32)CC1. The summed E-state index contributed by atoms with van der Waals surface area (Å²) in [7, 11) is 0. The monoisotopic (exact) mass is 330 g/mol. The number of hydrogen-bond donors (Lipinski definition) is 1. The van der Waals surface area contributed by atoms with Crippen molar-refractivity contribution < 1.29 is 4.79 Å². The molecule has 5 nitrogen and oxygen atoms in total. The van der Waals surface area contributed by atoms with E-state index in [4.69, 9.17) is 0 Å². The maximum absolute atomic E-state index is 12.3. The van der Waals surface area contributed by atoms with E-state index in [1.807, 2.05) is 23.1 Å². The highest BCUT2D eigenvalue weighted by atomic mass is 16.2. The number of carbonyl (C=O) groups excluding carboxylic acids is 1. The number of para-hydroxylation sites is 1. The quantitative estimate of drug-likeness (QED) is 0.813. The Bertz CT molecular complexity index is 540. The van der Waals surface area contributed by atoms with Crippen molar-refractivity contribution in [3.8, 4) is 0 Å². The van der Waals surface area contributed by atoms with E-state index in [0.29, 0.717) is 0 Å². The lowest BCUT2D eigenvalue weighted by atomic mass is 10.2. The number of nitrogens with zero attached hydrogens (tertiary/aromatic N) is 3. The number of rotatable bonds is 6. The molecule has 0 bridgehead atoms. The number of nitrogens with one attached hydrogen (secondary N) is 1. The summed E-state index contributed by atoms with van der Waals surface area (Å²) in [4.78, 5) is 19.3. The van der Waals surface area contributed by atoms with Crippen LogP contribution in [-0.2, 0) is 6.42 Å². The Hall–Kier alpha value is -1.59. The normalized spacial score (nSPS) is 18.6. The highest BCUT2D eigenvalue weighted by molar-refractivity contribution is 5.94. The topological polar surface area (TPSA) is 38.8 Å².